The van der Waals surface area contributed by atoms with Crippen LogP contribution in [0.25, 0.3) is 0 Å². The molecule has 2 rings (SSSR count). The van der Waals surface area contributed by atoms with Gasteiger partial charge in [0.25, 0.3) is 0 Å². The van der Waals surface area contributed by atoms with Gasteiger partial charge in [-0.2, -0.15) is 0 Å². The fraction of sp³-hybridized carbons (Fsp3) is 0.889. The molecule has 0 aromatic rings. The lowest BCUT2D eigenvalue weighted by Crippen LogP contribution is -2.46. The van der Waals surface area contributed by atoms with Crippen molar-refractivity contribution in [2.75, 3.05) is 0 Å². The van der Waals surface area contributed by atoms with Gasteiger partial charge in [0.15, 0.2) is 0 Å². The summed E-state index contributed by atoms with van der Waals surface area (Å²) in [5.41, 5.74) is 5.54. The second-order valence-corrected chi connectivity index (χ2v) is 4.27. The number of rotatable bonds is 2. The SMILES string of the molecule is N[C@H](C(=O)O)[C@H]1[C@@H]2CC[C@@H](C2)[C@H]1O. The molecule has 74 valence electrons. The van der Waals surface area contributed by atoms with E-state index in [4.69, 9.17) is 10.8 Å². The van der Waals surface area contributed by atoms with Crippen LogP contribution in [0.3, 0.4) is 0 Å². The number of hydrogen-bond donors (Lipinski definition) is 3. The predicted molar refractivity (Wildman–Crippen MR) is 45.9 cm³/mol. The van der Waals surface area contributed by atoms with Gasteiger partial charge in [-0.25, -0.2) is 0 Å². The van der Waals surface area contributed by atoms with E-state index >= 15 is 0 Å². The summed E-state index contributed by atoms with van der Waals surface area (Å²) in [5, 5.41) is 18.5. The van der Waals surface area contributed by atoms with Gasteiger partial charge in [0.1, 0.15) is 6.04 Å². The van der Waals surface area contributed by atoms with Crippen molar-refractivity contribution >= 4 is 5.97 Å². The lowest BCUT2D eigenvalue weighted by Gasteiger charge is -2.29. The molecule has 2 fully saturated rings. The molecule has 2 aliphatic rings. The van der Waals surface area contributed by atoms with Gasteiger partial charge in [-0.05, 0) is 31.1 Å². The first kappa shape index (κ1) is 8.97. The molecule has 5 atom stereocenters. The first-order chi connectivity index (χ1) is 6.11. The average molecular weight is 185 g/mol. The maximum Gasteiger partial charge on any atom is 0.320 e. The van der Waals surface area contributed by atoms with Crippen LogP contribution in [0.4, 0.5) is 0 Å². The molecule has 0 amide bonds. The Kier molecular flexibility index (Phi) is 2.04. The van der Waals surface area contributed by atoms with E-state index in [2.05, 4.69) is 0 Å². The van der Waals surface area contributed by atoms with Crippen molar-refractivity contribution in [3.8, 4) is 0 Å². The number of hydrogen-bond acceptors (Lipinski definition) is 3. The molecule has 2 saturated carbocycles. The molecule has 0 radical (unpaired) electrons. The largest absolute Gasteiger partial charge is 0.480 e. The quantitative estimate of drug-likeness (QED) is 0.556. The third kappa shape index (κ3) is 1.25. The van der Waals surface area contributed by atoms with Crippen LogP contribution in [0, 0.1) is 17.8 Å². The van der Waals surface area contributed by atoms with Crippen molar-refractivity contribution in [3.05, 3.63) is 0 Å². The fourth-order valence-electron chi connectivity index (χ4n) is 2.98. The Morgan fingerprint density at radius 3 is 2.46 bits per heavy atom. The van der Waals surface area contributed by atoms with Crippen LogP contribution in [-0.4, -0.2) is 28.3 Å². The van der Waals surface area contributed by atoms with Crippen molar-refractivity contribution in [3.63, 3.8) is 0 Å². The molecule has 0 spiro atoms. The lowest BCUT2D eigenvalue weighted by atomic mass is 9.81. The number of fused-ring (bicyclic) bond motifs is 2. The molecule has 13 heavy (non-hydrogen) atoms. The molecule has 4 nitrogen and oxygen atoms in total. The predicted octanol–water partition coefficient (Wildman–Crippen LogP) is -0.195. The van der Waals surface area contributed by atoms with Gasteiger partial charge in [0.2, 0.25) is 0 Å². The fourth-order valence-corrected chi connectivity index (χ4v) is 2.98. The summed E-state index contributed by atoms with van der Waals surface area (Å²) in [5.74, 6) is -0.556. The lowest BCUT2D eigenvalue weighted by molar-refractivity contribution is -0.142. The van der Waals surface area contributed by atoms with Crippen LogP contribution in [-0.2, 0) is 4.79 Å². The molecule has 0 unspecified atom stereocenters. The standard InChI is InChI=1S/C9H15NO3/c10-7(9(12)13)6-4-1-2-5(3-4)8(6)11/h4-8,11H,1-3,10H2,(H,12,13)/t4-,5+,6-,7+,8-/m1/s1. The minimum atomic E-state index is -0.989. The van der Waals surface area contributed by atoms with Crippen molar-refractivity contribution in [2.45, 2.75) is 31.4 Å². The minimum absolute atomic E-state index is 0.212. The van der Waals surface area contributed by atoms with Gasteiger partial charge in [0.05, 0.1) is 6.10 Å². The average Bonchev–Trinajstić information content (AvgIpc) is 2.62. The first-order valence-electron chi connectivity index (χ1n) is 4.77. The van der Waals surface area contributed by atoms with Crippen LogP contribution in [0.2, 0.25) is 0 Å². The smallest absolute Gasteiger partial charge is 0.320 e. The summed E-state index contributed by atoms with van der Waals surface area (Å²) >= 11 is 0. The van der Waals surface area contributed by atoms with Crippen LogP contribution >= 0.6 is 0 Å². The minimum Gasteiger partial charge on any atom is -0.480 e. The van der Waals surface area contributed by atoms with E-state index in [1.54, 1.807) is 0 Å². The maximum absolute atomic E-state index is 10.7. The zero-order chi connectivity index (χ0) is 9.59. The van der Waals surface area contributed by atoms with Gasteiger partial charge in [-0.3, -0.25) is 4.79 Å². The van der Waals surface area contributed by atoms with Crippen molar-refractivity contribution in [1.29, 1.82) is 0 Å². The summed E-state index contributed by atoms with van der Waals surface area (Å²) in [6.07, 6.45) is 2.55. The maximum atomic E-state index is 10.7. The molecule has 0 aliphatic heterocycles. The molecule has 0 aromatic carbocycles. The molecular weight excluding hydrogens is 170 g/mol. The summed E-state index contributed by atoms with van der Waals surface area (Å²) in [7, 11) is 0. The van der Waals surface area contributed by atoms with E-state index in [0.29, 0.717) is 11.8 Å². The zero-order valence-corrected chi connectivity index (χ0v) is 7.39. The number of carboxylic acids is 1. The summed E-state index contributed by atoms with van der Waals surface area (Å²) in [6, 6.07) is -0.884. The highest BCUT2D eigenvalue weighted by molar-refractivity contribution is 5.73. The summed E-state index contributed by atoms with van der Waals surface area (Å²) in [6.45, 7) is 0. The molecule has 4 heteroatoms. The Hall–Kier alpha value is -0.610. The van der Waals surface area contributed by atoms with Gasteiger partial charge in [-0.1, -0.05) is 0 Å². The van der Waals surface area contributed by atoms with Crippen molar-refractivity contribution in [1.82, 2.24) is 0 Å². The summed E-state index contributed by atoms with van der Waals surface area (Å²) in [4.78, 5) is 10.7. The van der Waals surface area contributed by atoms with Crippen molar-refractivity contribution < 1.29 is 15.0 Å². The van der Waals surface area contributed by atoms with Crippen LogP contribution < -0.4 is 5.73 Å². The van der Waals surface area contributed by atoms with Gasteiger partial charge < -0.3 is 15.9 Å². The molecule has 0 saturated heterocycles. The number of nitrogens with two attached hydrogens (primary N) is 1. The van der Waals surface area contributed by atoms with E-state index in [1.165, 1.54) is 0 Å². The number of aliphatic carboxylic acids is 1. The Morgan fingerprint density at radius 2 is 2.00 bits per heavy atom. The summed E-state index contributed by atoms with van der Waals surface area (Å²) < 4.78 is 0. The van der Waals surface area contributed by atoms with Gasteiger partial charge in [-0.15, -0.1) is 0 Å². The van der Waals surface area contributed by atoms with E-state index < -0.39 is 18.1 Å². The Balaban J connectivity index is 2.11. The highest BCUT2D eigenvalue weighted by atomic mass is 16.4. The second kappa shape index (κ2) is 2.96. The van der Waals surface area contributed by atoms with Crippen LogP contribution in [0.15, 0.2) is 0 Å². The molecular formula is C9H15NO3. The molecule has 2 aliphatic carbocycles. The Bertz CT molecular complexity index is 229. The van der Waals surface area contributed by atoms with Crippen LogP contribution in [0.1, 0.15) is 19.3 Å². The zero-order valence-electron chi connectivity index (χ0n) is 7.39. The second-order valence-electron chi connectivity index (χ2n) is 4.27. The first-order valence-corrected chi connectivity index (χ1v) is 4.77. The molecule has 0 heterocycles. The third-order valence-corrected chi connectivity index (χ3v) is 3.64. The Morgan fingerprint density at radius 1 is 1.38 bits per heavy atom. The van der Waals surface area contributed by atoms with E-state index in [0.717, 1.165) is 19.3 Å². The highest BCUT2D eigenvalue weighted by Crippen LogP contribution is 2.49. The Labute approximate surface area is 76.7 Å². The van der Waals surface area contributed by atoms with Gasteiger partial charge >= 0.3 is 5.97 Å². The molecule has 0 aromatic heterocycles. The van der Waals surface area contributed by atoms with Crippen LogP contribution in [0.5, 0.6) is 0 Å². The highest BCUT2D eigenvalue weighted by Gasteiger charge is 2.50. The topological polar surface area (TPSA) is 83.6 Å². The molecule has 2 bridgehead atoms. The molecule has 4 N–H and O–H groups in total. The number of aliphatic hydroxyl groups is 1. The van der Waals surface area contributed by atoms with Gasteiger partial charge in [0, 0.05) is 5.92 Å². The number of aliphatic hydroxyl groups excluding tert-OH is 1. The third-order valence-electron chi connectivity index (χ3n) is 3.64. The van der Waals surface area contributed by atoms with E-state index in [1.807, 2.05) is 0 Å². The van der Waals surface area contributed by atoms with Crippen molar-refractivity contribution in [2.24, 2.45) is 23.5 Å². The number of carboxylic acid groups (broad SMARTS) is 1. The normalized spacial score (nSPS) is 45.1. The van der Waals surface area contributed by atoms with E-state index in [-0.39, 0.29) is 5.92 Å². The van der Waals surface area contributed by atoms with E-state index in [9.17, 15) is 9.90 Å². The monoisotopic (exact) mass is 185 g/mol. The number of carbonyl (C=O) groups is 1.